The molecule has 5 rings (SSSR count). The first kappa shape index (κ1) is 24.1. The predicted molar refractivity (Wildman–Crippen MR) is 142 cm³/mol. The smallest absolute Gasteiger partial charge is 0.257 e. The Morgan fingerprint density at radius 1 is 0.972 bits per heavy atom. The number of halogens is 1. The molecule has 1 N–H and O–H groups in total. The molecule has 1 aliphatic heterocycles. The summed E-state index contributed by atoms with van der Waals surface area (Å²) in [5.74, 6) is 0.595. The summed E-state index contributed by atoms with van der Waals surface area (Å²) in [6.45, 7) is 5.30. The molecule has 0 bridgehead atoms. The number of aromatic amines is 1. The number of hydrogen-bond acceptors (Lipinski definition) is 4. The molecule has 0 saturated carbocycles. The molecule has 1 amide bonds. The van der Waals surface area contributed by atoms with Crippen LogP contribution in [0.15, 0.2) is 85.1 Å². The zero-order chi connectivity index (χ0) is 24.9. The first-order chi connectivity index (χ1) is 17.7. The summed E-state index contributed by atoms with van der Waals surface area (Å²) in [6, 6.07) is 26.8. The van der Waals surface area contributed by atoms with Crippen molar-refractivity contribution in [3.63, 3.8) is 0 Å². The number of nitrogens with one attached hydrogen (secondary N) is 1. The average Bonchev–Trinajstić information content (AvgIpc) is 3.41. The molecule has 0 spiro atoms. The van der Waals surface area contributed by atoms with E-state index in [0.29, 0.717) is 41.7 Å². The van der Waals surface area contributed by atoms with Crippen molar-refractivity contribution in [2.45, 2.75) is 13.0 Å². The number of piperazine rings is 1. The van der Waals surface area contributed by atoms with Gasteiger partial charge in [0.25, 0.3) is 5.91 Å². The van der Waals surface area contributed by atoms with Crippen molar-refractivity contribution in [2.24, 2.45) is 0 Å². The van der Waals surface area contributed by atoms with Crippen LogP contribution < -0.4 is 4.74 Å². The van der Waals surface area contributed by atoms with Gasteiger partial charge in [-0.3, -0.25) is 14.8 Å². The van der Waals surface area contributed by atoms with E-state index < -0.39 is 0 Å². The van der Waals surface area contributed by atoms with Crippen molar-refractivity contribution >= 4 is 17.5 Å². The van der Waals surface area contributed by atoms with Gasteiger partial charge in [-0.1, -0.05) is 72.3 Å². The Hall–Kier alpha value is -3.61. The fourth-order valence-electron chi connectivity index (χ4n) is 4.84. The van der Waals surface area contributed by atoms with Crippen LogP contribution in [0.3, 0.4) is 0 Å². The van der Waals surface area contributed by atoms with Gasteiger partial charge in [-0.05, 0) is 36.2 Å². The Morgan fingerprint density at radius 2 is 1.61 bits per heavy atom. The second kappa shape index (κ2) is 11.0. The highest BCUT2D eigenvalue weighted by atomic mass is 35.5. The van der Waals surface area contributed by atoms with E-state index in [1.54, 1.807) is 12.3 Å². The van der Waals surface area contributed by atoms with Gasteiger partial charge >= 0.3 is 0 Å². The van der Waals surface area contributed by atoms with E-state index in [-0.39, 0.29) is 11.9 Å². The fraction of sp³-hybridized carbons (Fsp3) is 0.241. The number of amides is 1. The van der Waals surface area contributed by atoms with Crippen LogP contribution in [0.1, 0.15) is 34.5 Å². The van der Waals surface area contributed by atoms with E-state index in [1.807, 2.05) is 36.1 Å². The molecule has 0 atom stereocenters. The molecule has 1 aliphatic rings. The SMILES string of the molecule is CCOc1ccc(-c2[nH]ncc2C(=O)N2CCN(C(c3ccccc3)c3ccccc3)CC2)cc1Cl. The van der Waals surface area contributed by atoms with E-state index in [0.717, 1.165) is 18.7 Å². The predicted octanol–water partition coefficient (Wildman–Crippen LogP) is 5.68. The van der Waals surface area contributed by atoms with Gasteiger partial charge in [0.05, 0.1) is 35.1 Å². The third-order valence-electron chi connectivity index (χ3n) is 6.59. The van der Waals surface area contributed by atoms with Gasteiger partial charge in [-0.25, -0.2) is 0 Å². The quantitative estimate of drug-likeness (QED) is 0.355. The second-order valence-corrected chi connectivity index (χ2v) is 9.20. The summed E-state index contributed by atoms with van der Waals surface area (Å²) in [5, 5.41) is 7.66. The standard InChI is InChI=1S/C29H29ClN4O2/c1-2-36-26-14-13-23(19-25(26)30)27-24(20-31-32-27)29(35)34-17-15-33(16-18-34)28(21-9-5-3-6-10-21)22-11-7-4-8-12-22/h3-14,19-20,28H,2,15-18H2,1H3,(H,31,32). The zero-order valence-corrected chi connectivity index (χ0v) is 21.0. The molecular weight excluding hydrogens is 472 g/mol. The lowest BCUT2D eigenvalue weighted by molar-refractivity contribution is 0.0598. The summed E-state index contributed by atoms with van der Waals surface area (Å²) in [7, 11) is 0. The number of H-pyrrole nitrogens is 1. The molecule has 7 heteroatoms. The van der Waals surface area contributed by atoms with Gasteiger partial charge < -0.3 is 9.64 Å². The highest BCUT2D eigenvalue weighted by Crippen LogP contribution is 2.32. The van der Waals surface area contributed by atoms with Crippen LogP contribution in [0.5, 0.6) is 5.75 Å². The maximum absolute atomic E-state index is 13.5. The Morgan fingerprint density at radius 3 is 2.19 bits per heavy atom. The summed E-state index contributed by atoms with van der Waals surface area (Å²) >= 11 is 6.39. The average molecular weight is 501 g/mol. The molecule has 6 nitrogen and oxygen atoms in total. The summed E-state index contributed by atoms with van der Waals surface area (Å²) in [5.41, 5.74) is 4.53. The molecule has 184 valence electrons. The molecule has 2 heterocycles. The van der Waals surface area contributed by atoms with E-state index in [4.69, 9.17) is 16.3 Å². The Kier molecular flexibility index (Phi) is 7.35. The molecule has 0 aliphatic carbocycles. The number of benzene rings is 3. The van der Waals surface area contributed by atoms with Crippen LogP contribution in [-0.2, 0) is 0 Å². The van der Waals surface area contributed by atoms with Crippen LogP contribution in [0.2, 0.25) is 5.02 Å². The second-order valence-electron chi connectivity index (χ2n) is 8.79. The third kappa shape index (κ3) is 5.01. The molecule has 1 fully saturated rings. The van der Waals surface area contributed by atoms with Crippen LogP contribution in [0.25, 0.3) is 11.3 Å². The van der Waals surface area contributed by atoms with Crippen LogP contribution >= 0.6 is 11.6 Å². The Bertz CT molecular complexity index is 1260. The molecule has 3 aromatic carbocycles. The number of hydrogen-bond donors (Lipinski definition) is 1. The molecule has 4 aromatic rings. The molecule has 1 saturated heterocycles. The van der Waals surface area contributed by atoms with Crippen molar-refractivity contribution < 1.29 is 9.53 Å². The van der Waals surface area contributed by atoms with Crippen molar-refractivity contribution in [3.05, 3.63) is 107 Å². The molecule has 1 aromatic heterocycles. The van der Waals surface area contributed by atoms with Gasteiger partial charge in [0, 0.05) is 31.7 Å². The Balaban J connectivity index is 1.32. The number of aromatic nitrogens is 2. The Labute approximate surface area is 216 Å². The highest BCUT2D eigenvalue weighted by Gasteiger charge is 2.30. The zero-order valence-electron chi connectivity index (χ0n) is 20.2. The maximum atomic E-state index is 13.5. The van der Waals surface area contributed by atoms with Gasteiger partial charge in [-0.2, -0.15) is 5.10 Å². The van der Waals surface area contributed by atoms with Gasteiger partial charge in [0.2, 0.25) is 0 Å². The summed E-state index contributed by atoms with van der Waals surface area (Å²) < 4.78 is 5.54. The van der Waals surface area contributed by atoms with Gasteiger partial charge in [-0.15, -0.1) is 0 Å². The third-order valence-corrected chi connectivity index (χ3v) is 6.88. The van der Waals surface area contributed by atoms with Crippen molar-refractivity contribution in [2.75, 3.05) is 32.8 Å². The van der Waals surface area contributed by atoms with E-state index in [2.05, 4.69) is 63.6 Å². The number of carbonyl (C=O) groups is 1. The van der Waals surface area contributed by atoms with Crippen LogP contribution in [0, 0.1) is 0 Å². The van der Waals surface area contributed by atoms with Crippen molar-refractivity contribution in [1.29, 1.82) is 0 Å². The molecular formula is C29H29ClN4O2. The van der Waals surface area contributed by atoms with Gasteiger partial charge in [0.1, 0.15) is 5.75 Å². The van der Waals surface area contributed by atoms with Crippen LogP contribution in [0.4, 0.5) is 0 Å². The van der Waals surface area contributed by atoms with Crippen molar-refractivity contribution in [1.82, 2.24) is 20.0 Å². The largest absolute Gasteiger partial charge is 0.492 e. The first-order valence-electron chi connectivity index (χ1n) is 12.2. The topological polar surface area (TPSA) is 61.5 Å². The van der Waals surface area contributed by atoms with E-state index >= 15 is 0 Å². The minimum Gasteiger partial charge on any atom is -0.492 e. The minimum absolute atomic E-state index is 0.0284. The van der Waals surface area contributed by atoms with Crippen molar-refractivity contribution in [3.8, 4) is 17.0 Å². The molecule has 36 heavy (non-hydrogen) atoms. The number of carbonyl (C=O) groups excluding carboxylic acids is 1. The minimum atomic E-state index is -0.0284. The number of rotatable bonds is 7. The lowest BCUT2D eigenvalue weighted by atomic mass is 9.96. The molecule has 0 unspecified atom stereocenters. The molecule has 0 radical (unpaired) electrons. The lowest BCUT2D eigenvalue weighted by Crippen LogP contribution is -2.49. The van der Waals surface area contributed by atoms with E-state index in [9.17, 15) is 4.79 Å². The summed E-state index contributed by atoms with van der Waals surface area (Å²) in [6.07, 6.45) is 1.60. The van der Waals surface area contributed by atoms with Crippen LogP contribution in [-0.4, -0.2) is 58.7 Å². The normalized spacial score (nSPS) is 14.2. The number of nitrogens with zero attached hydrogens (tertiary/aromatic N) is 3. The monoisotopic (exact) mass is 500 g/mol. The first-order valence-corrected chi connectivity index (χ1v) is 12.6. The van der Waals surface area contributed by atoms with E-state index in [1.165, 1.54) is 11.1 Å². The maximum Gasteiger partial charge on any atom is 0.257 e. The lowest BCUT2D eigenvalue weighted by Gasteiger charge is -2.39. The van der Waals surface area contributed by atoms with Gasteiger partial charge in [0.15, 0.2) is 0 Å². The fourth-order valence-corrected chi connectivity index (χ4v) is 5.07. The summed E-state index contributed by atoms with van der Waals surface area (Å²) in [4.78, 5) is 17.9. The highest BCUT2D eigenvalue weighted by molar-refractivity contribution is 6.32. The number of ether oxygens (including phenoxy) is 1.